The molecule has 5 rings (SSSR count). The number of nitrogens with zero attached hydrogens (tertiary/aromatic N) is 2. The maximum atomic E-state index is 13.4. The number of benzene rings is 2. The number of aliphatic hydroxyl groups is 1. The number of carbonyl (C=O) groups is 2. The largest absolute Gasteiger partial charge is 0.507 e. The Labute approximate surface area is 218 Å². The summed E-state index contributed by atoms with van der Waals surface area (Å²) in [7, 11) is 0. The van der Waals surface area contributed by atoms with Gasteiger partial charge in [-0.3, -0.25) is 14.5 Å². The van der Waals surface area contributed by atoms with Gasteiger partial charge in [-0.2, -0.15) is 0 Å². The minimum absolute atomic E-state index is 0.0731. The number of amides is 1. The predicted molar refractivity (Wildman–Crippen MR) is 142 cm³/mol. The van der Waals surface area contributed by atoms with Crippen LogP contribution in [-0.4, -0.2) is 72.1 Å². The fourth-order valence-corrected chi connectivity index (χ4v) is 5.53. The van der Waals surface area contributed by atoms with Gasteiger partial charge in [-0.25, -0.2) is 0 Å². The van der Waals surface area contributed by atoms with Crippen LogP contribution in [-0.2, 0) is 20.7 Å². The second kappa shape index (κ2) is 10.7. The minimum Gasteiger partial charge on any atom is -0.507 e. The molecule has 0 aromatic heterocycles. The Hall–Kier alpha value is -3.16. The highest BCUT2D eigenvalue weighted by atomic mass is 16.5. The standard InChI is InChI=1S/C30H36N2O5/c1-19(2)21-5-7-22(8-6-21)27-26(28(33)23-9-10-25-24(18-23)17-20(3)37-25)29(34)30(35)32(27)12-4-11-31-13-15-36-16-14-31/h5-10,18-20,27,33H,4,11-17H2,1-3H3/t20-,27-/m1/s1. The van der Waals surface area contributed by atoms with Gasteiger partial charge in [0.1, 0.15) is 17.6 Å². The molecule has 7 heteroatoms. The summed E-state index contributed by atoms with van der Waals surface area (Å²) in [6.45, 7) is 10.7. The van der Waals surface area contributed by atoms with Gasteiger partial charge >= 0.3 is 0 Å². The molecule has 3 aliphatic rings. The Morgan fingerprint density at radius 3 is 2.49 bits per heavy atom. The molecule has 0 bridgehead atoms. The van der Waals surface area contributed by atoms with E-state index in [1.54, 1.807) is 11.0 Å². The lowest BCUT2D eigenvalue weighted by Gasteiger charge is -2.29. The average molecular weight is 505 g/mol. The van der Waals surface area contributed by atoms with Gasteiger partial charge in [-0.15, -0.1) is 0 Å². The molecule has 0 aliphatic carbocycles. The monoisotopic (exact) mass is 504 g/mol. The van der Waals surface area contributed by atoms with Crippen molar-refractivity contribution in [3.63, 3.8) is 0 Å². The zero-order valence-corrected chi connectivity index (χ0v) is 21.9. The van der Waals surface area contributed by atoms with E-state index in [2.05, 4.69) is 18.7 Å². The normalized spacial score (nSPS) is 23.5. The van der Waals surface area contributed by atoms with Crippen molar-refractivity contribution in [3.8, 4) is 5.75 Å². The summed E-state index contributed by atoms with van der Waals surface area (Å²) in [6.07, 6.45) is 1.55. The van der Waals surface area contributed by atoms with Crippen molar-refractivity contribution < 1.29 is 24.2 Å². The fraction of sp³-hybridized carbons (Fsp3) is 0.467. The molecule has 0 spiro atoms. The maximum absolute atomic E-state index is 13.4. The van der Waals surface area contributed by atoms with Gasteiger partial charge in [0.15, 0.2) is 0 Å². The topological polar surface area (TPSA) is 79.3 Å². The number of ketones is 1. The van der Waals surface area contributed by atoms with Crippen LogP contribution in [0.4, 0.5) is 0 Å². The van der Waals surface area contributed by atoms with E-state index in [0.29, 0.717) is 18.0 Å². The molecule has 2 atom stereocenters. The Morgan fingerprint density at radius 2 is 1.78 bits per heavy atom. The Balaban J connectivity index is 1.49. The summed E-state index contributed by atoms with van der Waals surface area (Å²) in [5, 5.41) is 11.4. The van der Waals surface area contributed by atoms with Crippen molar-refractivity contribution in [1.29, 1.82) is 0 Å². The van der Waals surface area contributed by atoms with Crippen LogP contribution in [0, 0.1) is 0 Å². The summed E-state index contributed by atoms with van der Waals surface area (Å²) in [5.74, 6) is -0.154. The Kier molecular flexibility index (Phi) is 7.36. The van der Waals surface area contributed by atoms with Crippen LogP contribution < -0.4 is 4.74 Å². The van der Waals surface area contributed by atoms with Gasteiger partial charge in [0.05, 0.1) is 24.8 Å². The van der Waals surface area contributed by atoms with Crippen molar-refractivity contribution in [3.05, 3.63) is 70.3 Å². The molecule has 1 amide bonds. The molecule has 2 saturated heterocycles. The van der Waals surface area contributed by atoms with Gasteiger partial charge in [-0.1, -0.05) is 38.1 Å². The third kappa shape index (κ3) is 5.15. The Bertz CT molecular complexity index is 1200. The maximum Gasteiger partial charge on any atom is 0.295 e. The molecule has 0 saturated carbocycles. The smallest absolute Gasteiger partial charge is 0.295 e. The van der Waals surface area contributed by atoms with Gasteiger partial charge < -0.3 is 19.5 Å². The molecule has 7 nitrogen and oxygen atoms in total. The van der Waals surface area contributed by atoms with E-state index in [0.717, 1.165) is 62.6 Å². The second-order valence-corrected chi connectivity index (χ2v) is 10.6. The zero-order valence-electron chi connectivity index (χ0n) is 21.9. The van der Waals surface area contributed by atoms with Crippen LogP contribution in [0.15, 0.2) is 48.0 Å². The van der Waals surface area contributed by atoms with E-state index in [4.69, 9.17) is 9.47 Å². The first-order chi connectivity index (χ1) is 17.8. The number of Topliss-reactive ketones (excluding diaryl/α,β-unsaturated/α-hetero) is 1. The quantitative estimate of drug-likeness (QED) is 0.345. The van der Waals surface area contributed by atoms with E-state index in [1.807, 2.05) is 43.3 Å². The number of ether oxygens (including phenoxy) is 2. The average Bonchev–Trinajstić information content (AvgIpc) is 3.40. The molecular weight excluding hydrogens is 468 g/mol. The van der Waals surface area contributed by atoms with Gasteiger partial charge in [0.2, 0.25) is 0 Å². The lowest BCUT2D eigenvalue weighted by atomic mass is 9.92. The molecule has 1 N–H and O–H groups in total. The molecule has 0 radical (unpaired) electrons. The first-order valence-electron chi connectivity index (χ1n) is 13.3. The van der Waals surface area contributed by atoms with E-state index in [9.17, 15) is 14.7 Å². The highest BCUT2D eigenvalue weighted by molar-refractivity contribution is 6.46. The first-order valence-corrected chi connectivity index (χ1v) is 13.3. The number of likely N-dealkylation sites (tertiary alicyclic amines) is 1. The highest BCUT2D eigenvalue weighted by Gasteiger charge is 2.46. The van der Waals surface area contributed by atoms with Crippen molar-refractivity contribution >= 4 is 17.4 Å². The predicted octanol–water partition coefficient (Wildman–Crippen LogP) is 4.28. The lowest BCUT2D eigenvalue weighted by Crippen LogP contribution is -2.38. The molecule has 0 unspecified atom stereocenters. The summed E-state index contributed by atoms with van der Waals surface area (Å²) in [5.41, 5.74) is 3.69. The molecule has 2 aromatic carbocycles. The van der Waals surface area contributed by atoms with Crippen molar-refractivity contribution in [2.24, 2.45) is 0 Å². The van der Waals surface area contributed by atoms with E-state index in [-0.39, 0.29) is 17.4 Å². The number of hydrogen-bond donors (Lipinski definition) is 1. The van der Waals surface area contributed by atoms with Crippen molar-refractivity contribution in [2.45, 2.75) is 51.7 Å². The van der Waals surface area contributed by atoms with E-state index >= 15 is 0 Å². The SMILES string of the molecule is CC(C)c1ccc([C@@H]2C(=C(O)c3ccc4c(c3)C[C@@H](C)O4)C(=O)C(=O)N2CCCN2CCOCC2)cc1. The summed E-state index contributed by atoms with van der Waals surface area (Å²) in [6, 6.07) is 12.9. The van der Waals surface area contributed by atoms with Crippen molar-refractivity contribution in [2.75, 3.05) is 39.4 Å². The number of hydrogen-bond acceptors (Lipinski definition) is 6. The van der Waals surface area contributed by atoms with Crippen LogP contribution in [0.5, 0.6) is 5.75 Å². The fourth-order valence-electron chi connectivity index (χ4n) is 5.53. The summed E-state index contributed by atoms with van der Waals surface area (Å²) < 4.78 is 11.2. The van der Waals surface area contributed by atoms with Crippen molar-refractivity contribution in [1.82, 2.24) is 9.80 Å². The van der Waals surface area contributed by atoms with Gasteiger partial charge in [-0.05, 0) is 54.2 Å². The van der Waals surface area contributed by atoms with Crippen LogP contribution in [0.25, 0.3) is 5.76 Å². The highest BCUT2D eigenvalue weighted by Crippen LogP contribution is 2.41. The third-order valence-corrected chi connectivity index (χ3v) is 7.61. The second-order valence-electron chi connectivity index (χ2n) is 10.6. The zero-order chi connectivity index (χ0) is 26.1. The van der Waals surface area contributed by atoms with Crippen LogP contribution in [0.1, 0.15) is 61.4 Å². The summed E-state index contributed by atoms with van der Waals surface area (Å²) >= 11 is 0. The van der Waals surface area contributed by atoms with E-state index in [1.165, 1.54) is 5.56 Å². The number of rotatable bonds is 7. The minimum atomic E-state index is -0.632. The molecule has 2 aromatic rings. The van der Waals surface area contributed by atoms with E-state index < -0.39 is 17.7 Å². The summed E-state index contributed by atoms with van der Waals surface area (Å²) in [4.78, 5) is 30.6. The number of aliphatic hydroxyl groups excluding tert-OH is 1. The van der Waals surface area contributed by atoms with Crippen LogP contribution in [0.3, 0.4) is 0 Å². The molecular formula is C30H36N2O5. The molecule has 3 heterocycles. The Morgan fingerprint density at radius 1 is 1.05 bits per heavy atom. The molecule has 3 aliphatic heterocycles. The van der Waals surface area contributed by atoms with Gasteiger partial charge in [0.25, 0.3) is 11.7 Å². The number of morpholine rings is 1. The number of fused-ring (bicyclic) bond motifs is 1. The van der Waals surface area contributed by atoms with Crippen LogP contribution >= 0.6 is 0 Å². The molecule has 2 fully saturated rings. The molecule has 196 valence electrons. The van der Waals surface area contributed by atoms with Gasteiger partial charge in [0, 0.05) is 38.2 Å². The first kappa shape index (κ1) is 25.5. The lowest BCUT2D eigenvalue weighted by molar-refractivity contribution is -0.140. The van der Waals surface area contributed by atoms with Crippen LogP contribution in [0.2, 0.25) is 0 Å². The third-order valence-electron chi connectivity index (χ3n) is 7.61. The molecule has 37 heavy (non-hydrogen) atoms. The number of carbonyl (C=O) groups excluding carboxylic acids is 2.